The number of nitriles is 1. The highest BCUT2D eigenvalue weighted by atomic mass is 127. The van der Waals surface area contributed by atoms with Gasteiger partial charge in [0.25, 0.3) is 5.91 Å². The third-order valence-electron chi connectivity index (χ3n) is 4.93. The van der Waals surface area contributed by atoms with Crippen molar-refractivity contribution in [2.24, 2.45) is 0 Å². The van der Waals surface area contributed by atoms with Crippen molar-refractivity contribution in [3.8, 4) is 11.8 Å². The number of hydrogen-bond donors (Lipinski definition) is 1. The molecule has 3 rings (SSSR count). The van der Waals surface area contributed by atoms with Gasteiger partial charge in [-0.05, 0) is 112 Å². The number of ether oxygens (including phenoxy) is 1. The van der Waals surface area contributed by atoms with Gasteiger partial charge >= 0.3 is 0 Å². The maximum absolute atomic E-state index is 12.6. The zero-order valence-corrected chi connectivity index (χ0v) is 21.7. The SMILES string of the molecule is Cc1cccc(COc2c(Br)cc(/C=C(\C#N)C(=O)Nc3ccc(C)c(C)c3)cc2I)c1. The highest BCUT2D eigenvalue weighted by Crippen LogP contribution is 2.33. The molecule has 0 aliphatic rings. The summed E-state index contributed by atoms with van der Waals surface area (Å²) in [6.07, 6.45) is 1.58. The molecule has 162 valence electrons. The van der Waals surface area contributed by atoms with E-state index in [2.05, 4.69) is 49.9 Å². The lowest BCUT2D eigenvalue weighted by molar-refractivity contribution is -0.112. The minimum atomic E-state index is -0.443. The molecule has 0 spiro atoms. The molecule has 32 heavy (non-hydrogen) atoms. The Kier molecular flexibility index (Phi) is 8.10. The quantitative estimate of drug-likeness (QED) is 0.186. The van der Waals surface area contributed by atoms with Crippen LogP contribution in [0.2, 0.25) is 0 Å². The van der Waals surface area contributed by atoms with E-state index in [9.17, 15) is 10.1 Å². The van der Waals surface area contributed by atoms with Crippen molar-refractivity contribution in [1.29, 1.82) is 5.26 Å². The monoisotopic (exact) mass is 600 g/mol. The van der Waals surface area contributed by atoms with Crippen LogP contribution < -0.4 is 10.1 Å². The lowest BCUT2D eigenvalue weighted by Crippen LogP contribution is -2.13. The molecule has 0 fully saturated rings. The fraction of sp³-hybridized carbons (Fsp3) is 0.154. The number of anilines is 1. The predicted molar refractivity (Wildman–Crippen MR) is 141 cm³/mol. The molecule has 6 heteroatoms. The minimum Gasteiger partial charge on any atom is -0.487 e. The molecule has 0 aliphatic heterocycles. The second kappa shape index (κ2) is 10.8. The van der Waals surface area contributed by atoms with Crippen LogP contribution in [0.1, 0.15) is 27.8 Å². The second-order valence-electron chi connectivity index (χ2n) is 7.51. The molecule has 0 saturated heterocycles. The van der Waals surface area contributed by atoms with Crippen molar-refractivity contribution in [2.75, 3.05) is 5.32 Å². The van der Waals surface area contributed by atoms with E-state index in [1.165, 1.54) is 5.56 Å². The minimum absolute atomic E-state index is 0.0272. The normalized spacial score (nSPS) is 11.1. The Morgan fingerprint density at radius 1 is 1.12 bits per heavy atom. The van der Waals surface area contributed by atoms with Gasteiger partial charge in [-0.15, -0.1) is 0 Å². The van der Waals surface area contributed by atoms with Crippen LogP contribution in [0.4, 0.5) is 5.69 Å². The van der Waals surface area contributed by atoms with Gasteiger partial charge in [-0.2, -0.15) is 5.26 Å². The van der Waals surface area contributed by atoms with Crippen molar-refractivity contribution >= 4 is 56.2 Å². The number of aryl methyl sites for hydroxylation is 3. The Balaban J connectivity index is 1.77. The van der Waals surface area contributed by atoms with E-state index < -0.39 is 5.91 Å². The Morgan fingerprint density at radius 2 is 1.91 bits per heavy atom. The van der Waals surface area contributed by atoms with Gasteiger partial charge in [-0.3, -0.25) is 4.79 Å². The molecule has 0 atom stereocenters. The van der Waals surface area contributed by atoms with Crippen molar-refractivity contribution in [3.05, 3.63) is 96.0 Å². The van der Waals surface area contributed by atoms with Gasteiger partial charge in [-0.25, -0.2) is 0 Å². The Labute approximate surface area is 210 Å². The number of halogens is 2. The van der Waals surface area contributed by atoms with Crippen LogP contribution in [-0.2, 0) is 11.4 Å². The zero-order valence-electron chi connectivity index (χ0n) is 18.0. The van der Waals surface area contributed by atoms with Crippen molar-refractivity contribution in [2.45, 2.75) is 27.4 Å². The van der Waals surface area contributed by atoms with Gasteiger partial charge < -0.3 is 10.1 Å². The molecule has 1 N–H and O–H groups in total. The fourth-order valence-electron chi connectivity index (χ4n) is 3.09. The highest BCUT2D eigenvalue weighted by molar-refractivity contribution is 14.1. The van der Waals surface area contributed by atoms with E-state index in [4.69, 9.17) is 4.74 Å². The van der Waals surface area contributed by atoms with E-state index in [1.54, 1.807) is 6.08 Å². The summed E-state index contributed by atoms with van der Waals surface area (Å²) in [5.41, 5.74) is 5.91. The molecule has 4 nitrogen and oxygen atoms in total. The zero-order chi connectivity index (χ0) is 23.3. The standard InChI is InChI=1S/C26H22BrIN2O2/c1-16-5-4-6-19(9-16)15-32-25-23(27)12-20(13-24(25)28)11-21(14-29)26(31)30-22-8-7-17(2)18(3)10-22/h4-13H,15H2,1-3H3,(H,30,31)/b21-11+. The number of rotatable bonds is 6. The largest absolute Gasteiger partial charge is 0.487 e. The fourth-order valence-corrected chi connectivity index (χ4v) is 4.86. The molecule has 3 aromatic rings. The summed E-state index contributed by atoms with van der Waals surface area (Å²) in [5.74, 6) is 0.281. The maximum Gasteiger partial charge on any atom is 0.266 e. The molecule has 0 heterocycles. The van der Waals surface area contributed by atoms with Crippen LogP contribution in [0.3, 0.4) is 0 Å². The molecule has 0 unspecified atom stereocenters. The number of amides is 1. The van der Waals surface area contributed by atoms with Crippen molar-refractivity contribution in [3.63, 3.8) is 0 Å². The van der Waals surface area contributed by atoms with Crippen LogP contribution in [0.25, 0.3) is 6.08 Å². The molecule has 3 aromatic carbocycles. The second-order valence-corrected chi connectivity index (χ2v) is 9.53. The molecular weight excluding hydrogens is 579 g/mol. The van der Waals surface area contributed by atoms with Crippen LogP contribution in [0.15, 0.2) is 64.6 Å². The van der Waals surface area contributed by atoms with Crippen LogP contribution >= 0.6 is 38.5 Å². The van der Waals surface area contributed by atoms with E-state index in [0.29, 0.717) is 12.3 Å². The average molecular weight is 601 g/mol. The van der Waals surface area contributed by atoms with Gasteiger partial charge in [0.2, 0.25) is 0 Å². The first-order valence-electron chi connectivity index (χ1n) is 9.94. The van der Waals surface area contributed by atoms with Crippen LogP contribution in [-0.4, -0.2) is 5.91 Å². The summed E-state index contributed by atoms with van der Waals surface area (Å²) in [4.78, 5) is 12.6. The maximum atomic E-state index is 12.6. The lowest BCUT2D eigenvalue weighted by Gasteiger charge is -2.12. The molecule has 1 amide bonds. The first-order valence-corrected chi connectivity index (χ1v) is 11.8. The predicted octanol–water partition coefficient (Wildman–Crippen LogP) is 7.10. The third-order valence-corrected chi connectivity index (χ3v) is 6.32. The summed E-state index contributed by atoms with van der Waals surface area (Å²) in [6, 6.07) is 19.6. The number of carbonyl (C=O) groups excluding carboxylic acids is 1. The molecule has 0 aliphatic carbocycles. The molecule has 0 saturated carbocycles. The number of nitrogens with one attached hydrogen (secondary N) is 1. The third kappa shape index (κ3) is 6.21. The summed E-state index contributed by atoms with van der Waals surface area (Å²) < 4.78 is 7.66. The molecule has 0 aromatic heterocycles. The Morgan fingerprint density at radius 3 is 2.56 bits per heavy atom. The molecule has 0 bridgehead atoms. The average Bonchev–Trinajstić information content (AvgIpc) is 2.74. The van der Waals surface area contributed by atoms with Crippen LogP contribution in [0.5, 0.6) is 5.75 Å². The lowest BCUT2D eigenvalue weighted by atomic mass is 10.1. The summed E-state index contributed by atoms with van der Waals surface area (Å²) in [7, 11) is 0. The summed E-state index contributed by atoms with van der Waals surface area (Å²) >= 11 is 5.76. The van der Waals surface area contributed by atoms with Gasteiger partial charge in [-0.1, -0.05) is 35.9 Å². The van der Waals surface area contributed by atoms with E-state index >= 15 is 0 Å². The Hall–Kier alpha value is -2.63. The van der Waals surface area contributed by atoms with Gasteiger partial charge in [0, 0.05) is 5.69 Å². The smallest absolute Gasteiger partial charge is 0.266 e. The van der Waals surface area contributed by atoms with Crippen LogP contribution in [0, 0.1) is 35.7 Å². The topological polar surface area (TPSA) is 62.1 Å². The van der Waals surface area contributed by atoms with Gasteiger partial charge in [0.05, 0.1) is 8.04 Å². The molecular formula is C26H22BrIN2O2. The first-order chi connectivity index (χ1) is 15.3. The van der Waals surface area contributed by atoms with Gasteiger partial charge in [0.1, 0.15) is 24.0 Å². The number of carbonyl (C=O) groups is 1. The van der Waals surface area contributed by atoms with Crippen molar-refractivity contribution < 1.29 is 9.53 Å². The molecule has 0 radical (unpaired) electrons. The van der Waals surface area contributed by atoms with Crippen molar-refractivity contribution in [1.82, 2.24) is 0 Å². The number of hydrogen-bond acceptors (Lipinski definition) is 3. The summed E-state index contributed by atoms with van der Waals surface area (Å²) in [5, 5.41) is 12.3. The first kappa shape index (κ1) is 24.0. The van der Waals surface area contributed by atoms with E-state index in [-0.39, 0.29) is 5.57 Å². The number of nitrogens with zero attached hydrogens (tertiary/aromatic N) is 1. The Bertz CT molecular complexity index is 1220. The van der Waals surface area contributed by atoms with E-state index in [1.807, 2.05) is 75.4 Å². The summed E-state index contributed by atoms with van der Waals surface area (Å²) in [6.45, 7) is 6.49. The number of benzene rings is 3. The highest BCUT2D eigenvalue weighted by Gasteiger charge is 2.13. The van der Waals surface area contributed by atoms with Gasteiger partial charge in [0.15, 0.2) is 0 Å². The van der Waals surface area contributed by atoms with E-state index in [0.717, 1.165) is 36.0 Å².